The lowest BCUT2D eigenvalue weighted by Crippen LogP contribution is -2.21. The van der Waals surface area contributed by atoms with E-state index in [4.69, 9.17) is 5.11 Å². The van der Waals surface area contributed by atoms with Gasteiger partial charge in [-0.25, -0.2) is 4.98 Å². The van der Waals surface area contributed by atoms with Crippen LogP contribution in [-0.2, 0) is 4.79 Å². The second-order valence-electron chi connectivity index (χ2n) is 3.12. The SMILES string of the molecule is O=C(O)C1CNCC1c1cscn1. The molecule has 4 nitrogen and oxygen atoms in total. The van der Waals surface area contributed by atoms with Gasteiger partial charge in [0.05, 0.1) is 17.1 Å². The van der Waals surface area contributed by atoms with Gasteiger partial charge in [0.2, 0.25) is 0 Å². The van der Waals surface area contributed by atoms with Gasteiger partial charge in [-0.3, -0.25) is 4.79 Å². The fraction of sp³-hybridized carbons (Fsp3) is 0.500. The van der Waals surface area contributed by atoms with Crippen molar-refractivity contribution in [2.45, 2.75) is 5.92 Å². The third-order valence-electron chi connectivity index (χ3n) is 2.36. The zero-order valence-corrected chi connectivity index (χ0v) is 7.75. The van der Waals surface area contributed by atoms with Crippen molar-refractivity contribution in [2.24, 2.45) is 5.92 Å². The minimum atomic E-state index is -0.733. The van der Waals surface area contributed by atoms with E-state index in [-0.39, 0.29) is 11.8 Å². The summed E-state index contributed by atoms with van der Waals surface area (Å²) in [6.45, 7) is 1.28. The summed E-state index contributed by atoms with van der Waals surface area (Å²) >= 11 is 1.51. The lowest BCUT2D eigenvalue weighted by molar-refractivity contribution is -0.141. The summed E-state index contributed by atoms with van der Waals surface area (Å²) < 4.78 is 0. The highest BCUT2D eigenvalue weighted by atomic mass is 32.1. The Balaban J connectivity index is 2.19. The maximum absolute atomic E-state index is 10.8. The first kappa shape index (κ1) is 8.65. The van der Waals surface area contributed by atoms with Gasteiger partial charge in [0.1, 0.15) is 0 Å². The molecular formula is C8H10N2O2S. The Kier molecular flexibility index (Phi) is 2.28. The summed E-state index contributed by atoms with van der Waals surface area (Å²) in [4.78, 5) is 15.0. The number of carboxylic acid groups (broad SMARTS) is 1. The normalized spacial score (nSPS) is 27.7. The molecule has 2 atom stereocenters. The van der Waals surface area contributed by atoms with Crippen LogP contribution in [0.5, 0.6) is 0 Å². The van der Waals surface area contributed by atoms with Crippen molar-refractivity contribution in [3.8, 4) is 0 Å². The molecule has 2 rings (SSSR count). The lowest BCUT2D eigenvalue weighted by atomic mass is 9.94. The standard InChI is InChI=1S/C8H10N2O2S/c11-8(12)6-2-9-1-5(6)7-3-13-4-10-7/h3-6,9H,1-2H2,(H,11,12). The van der Waals surface area contributed by atoms with Gasteiger partial charge in [-0.05, 0) is 0 Å². The molecule has 13 heavy (non-hydrogen) atoms. The molecular weight excluding hydrogens is 188 g/mol. The van der Waals surface area contributed by atoms with Crippen molar-refractivity contribution in [3.63, 3.8) is 0 Å². The number of rotatable bonds is 2. The van der Waals surface area contributed by atoms with Gasteiger partial charge in [-0.2, -0.15) is 0 Å². The number of hydrogen-bond acceptors (Lipinski definition) is 4. The fourth-order valence-corrected chi connectivity index (χ4v) is 2.27. The highest BCUT2D eigenvalue weighted by Crippen LogP contribution is 2.27. The highest BCUT2D eigenvalue weighted by Gasteiger charge is 2.34. The Hall–Kier alpha value is -0.940. The molecule has 5 heteroatoms. The molecule has 0 spiro atoms. The van der Waals surface area contributed by atoms with Crippen LogP contribution in [0.4, 0.5) is 0 Å². The van der Waals surface area contributed by atoms with Gasteiger partial charge in [0, 0.05) is 24.4 Å². The summed E-state index contributed by atoms with van der Waals surface area (Å²) in [7, 11) is 0. The monoisotopic (exact) mass is 198 g/mol. The van der Waals surface area contributed by atoms with Crippen LogP contribution in [0.2, 0.25) is 0 Å². The van der Waals surface area contributed by atoms with Crippen LogP contribution >= 0.6 is 11.3 Å². The Labute approximate surface area is 79.6 Å². The van der Waals surface area contributed by atoms with E-state index < -0.39 is 5.97 Å². The molecule has 1 saturated heterocycles. The van der Waals surface area contributed by atoms with E-state index in [1.54, 1.807) is 5.51 Å². The van der Waals surface area contributed by atoms with Crippen LogP contribution in [0.15, 0.2) is 10.9 Å². The Morgan fingerprint density at radius 2 is 2.54 bits per heavy atom. The van der Waals surface area contributed by atoms with Crippen LogP contribution in [0.3, 0.4) is 0 Å². The van der Waals surface area contributed by atoms with Gasteiger partial charge in [0.25, 0.3) is 0 Å². The van der Waals surface area contributed by atoms with E-state index in [1.807, 2.05) is 5.38 Å². The largest absolute Gasteiger partial charge is 0.481 e. The number of nitrogens with zero attached hydrogens (tertiary/aromatic N) is 1. The molecule has 1 aliphatic heterocycles. The van der Waals surface area contributed by atoms with Crippen LogP contribution in [-0.4, -0.2) is 29.1 Å². The number of aromatic nitrogens is 1. The number of nitrogens with one attached hydrogen (secondary N) is 1. The molecule has 70 valence electrons. The maximum atomic E-state index is 10.8. The first-order chi connectivity index (χ1) is 6.29. The van der Waals surface area contributed by atoms with Crippen molar-refractivity contribution >= 4 is 17.3 Å². The zero-order valence-electron chi connectivity index (χ0n) is 6.93. The summed E-state index contributed by atoms with van der Waals surface area (Å²) in [5.74, 6) is -1.01. The average Bonchev–Trinajstić information content (AvgIpc) is 2.74. The first-order valence-corrected chi connectivity index (χ1v) is 5.05. The average molecular weight is 198 g/mol. The van der Waals surface area contributed by atoms with E-state index in [0.29, 0.717) is 6.54 Å². The predicted molar refractivity (Wildman–Crippen MR) is 48.9 cm³/mol. The second-order valence-corrected chi connectivity index (χ2v) is 3.84. The van der Waals surface area contributed by atoms with E-state index in [0.717, 1.165) is 12.2 Å². The molecule has 2 N–H and O–H groups in total. The second kappa shape index (κ2) is 3.43. The van der Waals surface area contributed by atoms with Crippen LogP contribution in [0, 0.1) is 5.92 Å². The smallest absolute Gasteiger partial charge is 0.308 e. The Morgan fingerprint density at radius 3 is 3.15 bits per heavy atom. The number of thiazole rings is 1. The molecule has 1 fully saturated rings. The van der Waals surface area contributed by atoms with Crippen molar-refractivity contribution < 1.29 is 9.90 Å². The number of aliphatic carboxylic acids is 1. The van der Waals surface area contributed by atoms with Crippen LogP contribution < -0.4 is 5.32 Å². The predicted octanol–water partition coefficient (Wildman–Crippen LogP) is 0.531. The van der Waals surface area contributed by atoms with E-state index in [2.05, 4.69) is 10.3 Å². The number of hydrogen-bond donors (Lipinski definition) is 2. The molecule has 0 aromatic carbocycles. The molecule has 0 saturated carbocycles. The third-order valence-corrected chi connectivity index (χ3v) is 2.97. The Morgan fingerprint density at radius 1 is 1.69 bits per heavy atom. The van der Waals surface area contributed by atoms with Crippen LogP contribution in [0.25, 0.3) is 0 Å². The molecule has 0 radical (unpaired) electrons. The van der Waals surface area contributed by atoms with Gasteiger partial charge < -0.3 is 10.4 Å². The lowest BCUT2D eigenvalue weighted by Gasteiger charge is -2.10. The molecule has 1 aromatic rings. The topological polar surface area (TPSA) is 62.2 Å². The summed E-state index contributed by atoms with van der Waals surface area (Å²) in [6.07, 6.45) is 0. The van der Waals surface area contributed by atoms with E-state index in [1.165, 1.54) is 11.3 Å². The van der Waals surface area contributed by atoms with E-state index >= 15 is 0 Å². The first-order valence-electron chi connectivity index (χ1n) is 4.10. The quantitative estimate of drug-likeness (QED) is 0.727. The fourth-order valence-electron chi connectivity index (χ4n) is 1.65. The molecule has 2 unspecified atom stereocenters. The van der Waals surface area contributed by atoms with Crippen molar-refractivity contribution in [1.82, 2.24) is 10.3 Å². The minimum Gasteiger partial charge on any atom is -0.481 e. The van der Waals surface area contributed by atoms with Crippen molar-refractivity contribution in [2.75, 3.05) is 13.1 Å². The van der Waals surface area contributed by atoms with Crippen molar-refractivity contribution in [3.05, 3.63) is 16.6 Å². The van der Waals surface area contributed by atoms with Gasteiger partial charge in [0.15, 0.2) is 0 Å². The third kappa shape index (κ3) is 1.57. The summed E-state index contributed by atoms with van der Waals surface area (Å²) in [6, 6.07) is 0. The molecule has 0 amide bonds. The zero-order chi connectivity index (χ0) is 9.26. The molecule has 0 bridgehead atoms. The minimum absolute atomic E-state index is 0.0451. The summed E-state index contributed by atoms with van der Waals surface area (Å²) in [5.41, 5.74) is 2.65. The Bertz CT molecular complexity index is 299. The number of carbonyl (C=O) groups is 1. The van der Waals surface area contributed by atoms with Crippen molar-refractivity contribution in [1.29, 1.82) is 0 Å². The molecule has 0 aliphatic carbocycles. The molecule has 1 aliphatic rings. The molecule has 1 aromatic heterocycles. The highest BCUT2D eigenvalue weighted by molar-refractivity contribution is 7.07. The number of carboxylic acids is 1. The molecule has 2 heterocycles. The summed E-state index contributed by atoms with van der Waals surface area (Å²) in [5, 5.41) is 13.9. The van der Waals surface area contributed by atoms with Gasteiger partial charge in [-0.1, -0.05) is 0 Å². The van der Waals surface area contributed by atoms with Gasteiger partial charge in [-0.15, -0.1) is 11.3 Å². The van der Waals surface area contributed by atoms with Gasteiger partial charge >= 0.3 is 5.97 Å². The maximum Gasteiger partial charge on any atom is 0.308 e. The van der Waals surface area contributed by atoms with Crippen LogP contribution in [0.1, 0.15) is 11.6 Å². The van der Waals surface area contributed by atoms with E-state index in [9.17, 15) is 4.79 Å².